The van der Waals surface area contributed by atoms with E-state index >= 15 is 0 Å². The first kappa shape index (κ1) is 11.2. The van der Waals surface area contributed by atoms with Crippen LogP contribution in [0.15, 0.2) is 24.3 Å². The third-order valence-electron chi connectivity index (χ3n) is 2.69. The van der Waals surface area contributed by atoms with Crippen molar-refractivity contribution < 1.29 is 0 Å². The zero-order valence-corrected chi connectivity index (χ0v) is 9.94. The summed E-state index contributed by atoms with van der Waals surface area (Å²) in [5, 5.41) is 13.4. The second-order valence-electron chi connectivity index (χ2n) is 3.92. The molecule has 0 aliphatic rings. The number of nitrogens with two attached hydrogens (primary N) is 1. The molecule has 0 saturated carbocycles. The molecule has 2 N–H and O–H groups in total. The normalized spacial score (nSPS) is 10.2. The van der Waals surface area contributed by atoms with Gasteiger partial charge in [0.25, 0.3) is 0 Å². The number of nitrogen functional groups attached to an aromatic ring is 1. The molecule has 0 fully saturated rings. The fourth-order valence-electron chi connectivity index (χ4n) is 1.80. The van der Waals surface area contributed by atoms with E-state index in [9.17, 15) is 0 Å². The Balaban J connectivity index is 2.61. The van der Waals surface area contributed by atoms with Gasteiger partial charge in [0.1, 0.15) is 17.5 Å². The lowest BCUT2D eigenvalue weighted by Gasteiger charge is -2.04. The predicted octanol–water partition coefficient (Wildman–Crippen LogP) is 2.20. The average Bonchev–Trinajstić information content (AvgIpc) is 2.65. The molecule has 0 bridgehead atoms. The molecule has 0 spiro atoms. The summed E-state index contributed by atoms with van der Waals surface area (Å²) in [6.45, 7) is 3.97. The third-order valence-corrected chi connectivity index (χ3v) is 2.69. The molecule has 1 aromatic carbocycles. The standard InChI is InChI=1S/C13H14N4/c1-3-12-11(8-14)13(15)17(16-12)10-6-4-5-9(2)7-10/h4-7H,3,15H2,1-2H3. The van der Waals surface area contributed by atoms with Crippen LogP contribution in [0.1, 0.15) is 23.7 Å². The van der Waals surface area contributed by atoms with Gasteiger partial charge in [-0.05, 0) is 31.0 Å². The maximum absolute atomic E-state index is 9.06. The highest BCUT2D eigenvalue weighted by molar-refractivity contribution is 5.56. The van der Waals surface area contributed by atoms with Crippen LogP contribution >= 0.6 is 0 Å². The van der Waals surface area contributed by atoms with E-state index < -0.39 is 0 Å². The Kier molecular flexibility index (Phi) is 2.84. The third kappa shape index (κ3) is 1.87. The summed E-state index contributed by atoms with van der Waals surface area (Å²) in [6.07, 6.45) is 0.700. The largest absolute Gasteiger partial charge is 0.382 e. The number of aromatic nitrogens is 2. The Hall–Kier alpha value is -2.28. The van der Waals surface area contributed by atoms with Crippen molar-refractivity contribution in [3.05, 3.63) is 41.1 Å². The van der Waals surface area contributed by atoms with Gasteiger partial charge < -0.3 is 5.73 Å². The number of rotatable bonds is 2. The highest BCUT2D eigenvalue weighted by atomic mass is 15.3. The lowest BCUT2D eigenvalue weighted by Crippen LogP contribution is -2.02. The Bertz CT molecular complexity index is 590. The molecular formula is C13H14N4. The molecule has 17 heavy (non-hydrogen) atoms. The van der Waals surface area contributed by atoms with Crippen molar-refractivity contribution in [3.8, 4) is 11.8 Å². The van der Waals surface area contributed by atoms with Gasteiger partial charge in [0.15, 0.2) is 0 Å². The lowest BCUT2D eigenvalue weighted by molar-refractivity contribution is 0.848. The molecule has 0 saturated heterocycles. The quantitative estimate of drug-likeness (QED) is 0.853. The Morgan fingerprint density at radius 2 is 2.24 bits per heavy atom. The van der Waals surface area contributed by atoms with Crippen molar-refractivity contribution in [3.63, 3.8) is 0 Å². The molecule has 2 aromatic rings. The molecule has 4 nitrogen and oxygen atoms in total. The zero-order valence-electron chi connectivity index (χ0n) is 9.94. The van der Waals surface area contributed by atoms with Gasteiger partial charge in [-0.15, -0.1) is 0 Å². The van der Waals surface area contributed by atoms with E-state index in [-0.39, 0.29) is 0 Å². The summed E-state index contributed by atoms with van der Waals surface area (Å²) < 4.78 is 1.63. The molecule has 0 aliphatic carbocycles. The molecule has 1 heterocycles. The number of benzene rings is 1. The Labute approximate surface area is 100 Å². The van der Waals surface area contributed by atoms with Gasteiger partial charge in [-0.2, -0.15) is 10.4 Å². The summed E-state index contributed by atoms with van der Waals surface area (Å²) in [4.78, 5) is 0. The van der Waals surface area contributed by atoms with Gasteiger partial charge >= 0.3 is 0 Å². The topological polar surface area (TPSA) is 67.6 Å². The minimum Gasteiger partial charge on any atom is -0.382 e. The molecule has 0 radical (unpaired) electrons. The smallest absolute Gasteiger partial charge is 0.145 e. The minimum atomic E-state index is 0.412. The van der Waals surface area contributed by atoms with Gasteiger partial charge in [0.2, 0.25) is 0 Å². The summed E-state index contributed by atoms with van der Waals surface area (Å²) in [7, 11) is 0. The van der Waals surface area contributed by atoms with Gasteiger partial charge in [-0.25, -0.2) is 4.68 Å². The monoisotopic (exact) mass is 226 g/mol. The molecule has 2 rings (SSSR count). The Morgan fingerprint density at radius 1 is 1.47 bits per heavy atom. The van der Waals surface area contributed by atoms with Crippen LogP contribution in [0.2, 0.25) is 0 Å². The highest BCUT2D eigenvalue weighted by Gasteiger charge is 2.14. The van der Waals surface area contributed by atoms with Gasteiger partial charge in [0, 0.05) is 0 Å². The lowest BCUT2D eigenvalue weighted by atomic mass is 10.2. The molecule has 4 heteroatoms. The molecule has 0 atom stereocenters. The predicted molar refractivity (Wildman–Crippen MR) is 66.8 cm³/mol. The van der Waals surface area contributed by atoms with Gasteiger partial charge in [-0.3, -0.25) is 0 Å². The minimum absolute atomic E-state index is 0.412. The number of anilines is 1. The van der Waals surface area contributed by atoms with Crippen LogP contribution in [0.4, 0.5) is 5.82 Å². The van der Waals surface area contributed by atoms with Gasteiger partial charge in [-0.1, -0.05) is 19.1 Å². The molecule has 86 valence electrons. The maximum Gasteiger partial charge on any atom is 0.145 e. The van der Waals surface area contributed by atoms with Crippen molar-refractivity contribution in [1.29, 1.82) is 5.26 Å². The molecule has 0 aliphatic heterocycles. The number of nitrogens with zero attached hydrogens (tertiary/aromatic N) is 3. The summed E-state index contributed by atoms with van der Waals surface area (Å²) in [6, 6.07) is 9.99. The molecule has 0 amide bonds. The first-order valence-corrected chi connectivity index (χ1v) is 5.52. The first-order chi connectivity index (χ1) is 8.17. The van der Waals surface area contributed by atoms with Crippen molar-refractivity contribution in [2.24, 2.45) is 0 Å². The van der Waals surface area contributed by atoms with Crippen LogP contribution in [0, 0.1) is 18.3 Å². The highest BCUT2D eigenvalue weighted by Crippen LogP contribution is 2.21. The van der Waals surface area contributed by atoms with Crippen LogP contribution in [0.25, 0.3) is 5.69 Å². The van der Waals surface area contributed by atoms with Crippen LogP contribution in [-0.2, 0) is 6.42 Å². The second-order valence-corrected chi connectivity index (χ2v) is 3.92. The Morgan fingerprint density at radius 3 is 2.76 bits per heavy atom. The van der Waals surface area contributed by atoms with Crippen LogP contribution < -0.4 is 5.73 Å². The van der Waals surface area contributed by atoms with Crippen molar-refractivity contribution in [2.45, 2.75) is 20.3 Å². The molecular weight excluding hydrogens is 212 g/mol. The SMILES string of the molecule is CCc1nn(-c2cccc(C)c2)c(N)c1C#N. The summed E-state index contributed by atoms with van der Waals surface area (Å²) >= 11 is 0. The van der Waals surface area contributed by atoms with E-state index in [2.05, 4.69) is 11.2 Å². The number of hydrogen-bond acceptors (Lipinski definition) is 3. The number of hydrogen-bond donors (Lipinski definition) is 1. The number of aryl methyl sites for hydroxylation is 2. The second kappa shape index (κ2) is 4.30. The van der Waals surface area contributed by atoms with E-state index in [0.717, 1.165) is 16.9 Å². The van der Waals surface area contributed by atoms with Crippen LogP contribution in [0.3, 0.4) is 0 Å². The van der Waals surface area contributed by atoms with E-state index in [1.807, 2.05) is 38.1 Å². The fourth-order valence-corrected chi connectivity index (χ4v) is 1.80. The molecule has 1 aromatic heterocycles. The van der Waals surface area contributed by atoms with E-state index in [0.29, 0.717) is 17.8 Å². The van der Waals surface area contributed by atoms with Gasteiger partial charge in [0.05, 0.1) is 11.4 Å². The number of nitriles is 1. The summed E-state index contributed by atoms with van der Waals surface area (Å²) in [5.41, 5.74) is 9.19. The average molecular weight is 226 g/mol. The fraction of sp³-hybridized carbons (Fsp3) is 0.231. The van der Waals surface area contributed by atoms with Crippen LogP contribution in [-0.4, -0.2) is 9.78 Å². The van der Waals surface area contributed by atoms with E-state index in [1.165, 1.54) is 0 Å². The maximum atomic E-state index is 9.06. The first-order valence-electron chi connectivity index (χ1n) is 5.52. The van der Waals surface area contributed by atoms with E-state index in [1.54, 1.807) is 4.68 Å². The van der Waals surface area contributed by atoms with Crippen LogP contribution in [0.5, 0.6) is 0 Å². The van der Waals surface area contributed by atoms with Crippen molar-refractivity contribution >= 4 is 5.82 Å². The summed E-state index contributed by atoms with van der Waals surface area (Å²) in [5.74, 6) is 0.412. The van der Waals surface area contributed by atoms with Crippen molar-refractivity contribution in [2.75, 3.05) is 5.73 Å². The zero-order chi connectivity index (χ0) is 12.4. The van der Waals surface area contributed by atoms with Crippen molar-refractivity contribution in [1.82, 2.24) is 9.78 Å². The molecule has 0 unspecified atom stereocenters. The van der Waals surface area contributed by atoms with E-state index in [4.69, 9.17) is 11.0 Å².